The van der Waals surface area contributed by atoms with Gasteiger partial charge >= 0.3 is 5.97 Å². The van der Waals surface area contributed by atoms with Gasteiger partial charge in [0.2, 0.25) is 11.7 Å². The Hall–Kier alpha value is -3.61. The summed E-state index contributed by atoms with van der Waals surface area (Å²) in [5.74, 6) is 0.657. The molecule has 1 aliphatic rings. The Morgan fingerprint density at radius 1 is 1.10 bits per heavy atom. The average Bonchev–Trinajstić information content (AvgIpc) is 3.01. The van der Waals surface area contributed by atoms with E-state index in [0.29, 0.717) is 35.6 Å². The number of carbonyl (C=O) groups excluding carboxylic acids is 1. The van der Waals surface area contributed by atoms with E-state index in [1.807, 2.05) is 43.3 Å². The molecular weight excluding hydrogens is 380 g/mol. The molecule has 0 atom stereocenters. The van der Waals surface area contributed by atoms with Crippen molar-refractivity contribution in [3.8, 4) is 5.75 Å². The van der Waals surface area contributed by atoms with Gasteiger partial charge in [0.25, 0.3) is 0 Å². The second kappa shape index (κ2) is 7.33. The Kier molecular flexibility index (Phi) is 4.81. The first-order valence-electron chi connectivity index (χ1n) is 9.72. The fraction of sp³-hybridized carbons (Fsp3) is 0.261. The largest absolute Gasteiger partial charge is 0.453 e. The maximum absolute atomic E-state index is 12.9. The average molecular weight is 404 g/mol. The number of rotatable bonds is 3. The minimum absolute atomic E-state index is 0.103. The third kappa shape index (κ3) is 3.78. The van der Waals surface area contributed by atoms with Crippen molar-refractivity contribution in [1.29, 1.82) is 0 Å². The molecule has 4 rings (SSSR count). The fourth-order valence-electron chi connectivity index (χ4n) is 3.90. The van der Waals surface area contributed by atoms with Gasteiger partial charge in [-0.25, -0.2) is 4.79 Å². The molecule has 1 heterocycles. The van der Waals surface area contributed by atoms with E-state index in [-0.39, 0.29) is 17.1 Å². The number of carbonyl (C=O) groups is 1. The summed E-state index contributed by atoms with van der Waals surface area (Å²) in [6, 6.07) is 13.4. The standard InChI is InChI=1S/C23H24N4O3/c1-13-19-17(26-27-22(24)25)11-23(2,3)12-18(19)30-20(13)21(28)29-16-9-8-14-6-4-5-7-15(14)10-16/h4-10H,11-12H2,1-3H3,(H4,24,25,27)/b26-17-. The van der Waals surface area contributed by atoms with Crippen molar-refractivity contribution in [3.63, 3.8) is 0 Å². The molecule has 30 heavy (non-hydrogen) atoms. The summed E-state index contributed by atoms with van der Waals surface area (Å²) in [4.78, 5) is 12.9. The quantitative estimate of drug-likeness (QED) is 0.226. The summed E-state index contributed by atoms with van der Waals surface area (Å²) >= 11 is 0. The second-order valence-corrected chi connectivity index (χ2v) is 8.34. The molecule has 3 aromatic rings. The van der Waals surface area contributed by atoms with Crippen molar-refractivity contribution in [3.05, 3.63) is 65.1 Å². The molecule has 1 aromatic heterocycles. The Morgan fingerprint density at radius 3 is 2.57 bits per heavy atom. The molecule has 154 valence electrons. The van der Waals surface area contributed by atoms with Crippen LogP contribution >= 0.6 is 0 Å². The molecule has 0 fully saturated rings. The SMILES string of the molecule is Cc1c(C(=O)Oc2ccc3ccccc3c2)oc2c1/C(=N\N=C(N)N)CC(C)(C)C2. The summed E-state index contributed by atoms with van der Waals surface area (Å²) in [7, 11) is 0. The predicted octanol–water partition coefficient (Wildman–Crippen LogP) is 3.91. The van der Waals surface area contributed by atoms with Gasteiger partial charge in [-0.3, -0.25) is 0 Å². The lowest BCUT2D eigenvalue weighted by atomic mass is 9.75. The highest BCUT2D eigenvalue weighted by molar-refractivity contribution is 6.06. The monoisotopic (exact) mass is 404 g/mol. The fourth-order valence-corrected chi connectivity index (χ4v) is 3.90. The molecule has 0 aliphatic heterocycles. The van der Waals surface area contributed by atoms with E-state index < -0.39 is 5.97 Å². The molecule has 2 aromatic carbocycles. The highest BCUT2D eigenvalue weighted by Crippen LogP contribution is 2.39. The van der Waals surface area contributed by atoms with Crippen LogP contribution in [0.5, 0.6) is 5.75 Å². The van der Waals surface area contributed by atoms with Gasteiger partial charge in [0.05, 0.1) is 5.71 Å². The predicted molar refractivity (Wildman–Crippen MR) is 117 cm³/mol. The zero-order chi connectivity index (χ0) is 21.5. The van der Waals surface area contributed by atoms with Gasteiger partial charge in [-0.2, -0.15) is 5.10 Å². The Balaban J connectivity index is 1.69. The second-order valence-electron chi connectivity index (χ2n) is 8.34. The van der Waals surface area contributed by atoms with Gasteiger partial charge < -0.3 is 20.6 Å². The van der Waals surface area contributed by atoms with Gasteiger partial charge in [-0.05, 0) is 41.7 Å². The van der Waals surface area contributed by atoms with Gasteiger partial charge in [0.1, 0.15) is 11.5 Å². The van der Waals surface area contributed by atoms with Crippen LogP contribution in [0.1, 0.15) is 47.7 Å². The molecule has 7 heteroatoms. The minimum Gasteiger partial charge on any atom is -0.453 e. The van der Waals surface area contributed by atoms with Crippen molar-refractivity contribution in [1.82, 2.24) is 0 Å². The van der Waals surface area contributed by atoms with Crippen LogP contribution in [0.25, 0.3) is 10.8 Å². The maximum Gasteiger partial charge on any atom is 0.379 e. The summed E-state index contributed by atoms with van der Waals surface area (Å²) in [6.45, 7) is 6.03. The van der Waals surface area contributed by atoms with Crippen LogP contribution in [-0.4, -0.2) is 17.6 Å². The smallest absolute Gasteiger partial charge is 0.379 e. The molecule has 1 aliphatic carbocycles. The lowest BCUT2D eigenvalue weighted by molar-refractivity contribution is 0.0697. The number of guanidine groups is 1. The molecular formula is C23H24N4O3. The number of hydrogen-bond donors (Lipinski definition) is 2. The van der Waals surface area contributed by atoms with Crippen molar-refractivity contribution >= 4 is 28.4 Å². The third-order valence-corrected chi connectivity index (χ3v) is 5.20. The van der Waals surface area contributed by atoms with Gasteiger partial charge in [0, 0.05) is 17.5 Å². The maximum atomic E-state index is 12.9. The zero-order valence-electron chi connectivity index (χ0n) is 17.2. The molecule has 4 N–H and O–H groups in total. The van der Waals surface area contributed by atoms with Crippen LogP contribution in [-0.2, 0) is 6.42 Å². The van der Waals surface area contributed by atoms with E-state index in [9.17, 15) is 4.79 Å². The Labute approximate surface area is 174 Å². The van der Waals surface area contributed by atoms with Gasteiger partial charge in [0.15, 0.2) is 0 Å². The summed E-state index contributed by atoms with van der Waals surface area (Å²) < 4.78 is 11.6. The van der Waals surface area contributed by atoms with Crippen LogP contribution in [0, 0.1) is 12.3 Å². The number of furan rings is 1. The van der Waals surface area contributed by atoms with Gasteiger partial charge in [-0.15, -0.1) is 5.10 Å². The van der Waals surface area contributed by atoms with Crippen LogP contribution in [0.3, 0.4) is 0 Å². The zero-order valence-corrected chi connectivity index (χ0v) is 17.2. The molecule has 0 saturated heterocycles. The third-order valence-electron chi connectivity index (χ3n) is 5.20. The van der Waals surface area contributed by atoms with Crippen molar-refractivity contribution < 1.29 is 13.9 Å². The Morgan fingerprint density at radius 2 is 1.83 bits per heavy atom. The van der Waals surface area contributed by atoms with E-state index in [1.165, 1.54) is 0 Å². The highest BCUT2D eigenvalue weighted by atomic mass is 16.5. The molecule has 0 unspecified atom stereocenters. The number of fused-ring (bicyclic) bond motifs is 2. The van der Waals surface area contributed by atoms with E-state index in [4.69, 9.17) is 20.6 Å². The van der Waals surface area contributed by atoms with Gasteiger partial charge in [-0.1, -0.05) is 44.2 Å². The lowest BCUT2D eigenvalue weighted by Crippen LogP contribution is -2.27. The van der Waals surface area contributed by atoms with E-state index in [0.717, 1.165) is 16.3 Å². The summed E-state index contributed by atoms with van der Waals surface area (Å²) in [5, 5.41) is 10.1. The number of hydrogen-bond acceptors (Lipinski definition) is 5. The van der Waals surface area contributed by atoms with Crippen LogP contribution in [0.2, 0.25) is 0 Å². The molecule has 7 nitrogen and oxygen atoms in total. The normalized spacial score (nSPS) is 16.3. The van der Waals surface area contributed by atoms with E-state index in [1.54, 1.807) is 6.07 Å². The highest BCUT2D eigenvalue weighted by Gasteiger charge is 2.36. The van der Waals surface area contributed by atoms with Crippen molar-refractivity contribution in [2.75, 3.05) is 0 Å². The summed E-state index contributed by atoms with van der Waals surface area (Å²) in [5.41, 5.74) is 12.9. The molecule has 0 spiro atoms. The lowest BCUT2D eigenvalue weighted by Gasteiger charge is -2.29. The van der Waals surface area contributed by atoms with Crippen LogP contribution < -0.4 is 16.2 Å². The molecule has 0 saturated carbocycles. The van der Waals surface area contributed by atoms with Crippen LogP contribution in [0.15, 0.2) is 57.1 Å². The number of ether oxygens (including phenoxy) is 1. The number of nitrogens with zero attached hydrogens (tertiary/aromatic N) is 2. The molecule has 0 radical (unpaired) electrons. The van der Waals surface area contributed by atoms with Crippen molar-refractivity contribution in [2.24, 2.45) is 27.1 Å². The first-order chi connectivity index (χ1) is 14.2. The Bertz CT molecular complexity index is 1200. The number of nitrogens with two attached hydrogens (primary N) is 2. The van der Waals surface area contributed by atoms with E-state index in [2.05, 4.69) is 24.1 Å². The minimum atomic E-state index is -0.545. The van der Waals surface area contributed by atoms with Crippen LogP contribution in [0.4, 0.5) is 0 Å². The first-order valence-corrected chi connectivity index (χ1v) is 9.72. The number of esters is 1. The van der Waals surface area contributed by atoms with Crippen molar-refractivity contribution in [2.45, 2.75) is 33.6 Å². The molecule has 0 bridgehead atoms. The first kappa shape index (κ1) is 19.7. The molecule has 0 amide bonds. The van der Waals surface area contributed by atoms with E-state index >= 15 is 0 Å². The number of benzene rings is 2. The topological polar surface area (TPSA) is 116 Å². The summed E-state index contributed by atoms with van der Waals surface area (Å²) in [6.07, 6.45) is 1.34.